The van der Waals surface area contributed by atoms with Crippen molar-refractivity contribution in [3.8, 4) is 5.75 Å². The Bertz CT molecular complexity index is 1800. The van der Waals surface area contributed by atoms with E-state index in [9.17, 15) is 0 Å². The zero-order valence-corrected chi connectivity index (χ0v) is 34.3. The van der Waals surface area contributed by atoms with Crippen molar-refractivity contribution < 1.29 is 4.74 Å². The standard InChI is InChI=1S/C45H53BrN5OP.ClH/c46-53(40-23-13-8-14-24-40,41-25-15-9-16-26-41,42-27-17-10-18-28-42)36-20-6-4-2-1-3-5-19-35-52-39-31-29-38(30-32-39)43-49-44(47)51-45(50-43)48-34-33-37-21-11-7-12-22-37;/h7-18,21-32,43H,1-6,19-20,33-36H2,(H4,47,48,49,50,51);1H. The molecule has 0 aromatic heterocycles. The molecule has 6 rings (SSSR count). The van der Waals surface area contributed by atoms with Gasteiger partial charge in [0.05, 0.1) is 0 Å². The van der Waals surface area contributed by atoms with Crippen LogP contribution in [-0.2, 0) is 6.42 Å². The first-order valence-corrected chi connectivity index (χ1v) is 23.5. The van der Waals surface area contributed by atoms with E-state index in [1.807, 2.05) is 42.5 Å². The van der Waals surface area contributed by atoms with Gasteiger partial charge < -0.3 is 11.1 Å². The monoisotopic (exact) mass is 825 g/mol. The molecule has 0 saturated carbocycles. The van der Waals surface area contributed by atoms with Gasteiger partial charge in [0, 0.05) is 6.54 Å². The van der Waals surface area contributed by atoms with E-state index in [0.717, 1.165) is 36.9 Å². The first-order chi connectivity index (χ1) is 26.0. The zero-order valence-electron chi connectivity index (χ0n) is 31.0. The molecule has 5 aromatic carbocycles. The van der Waals surface area contributed by atoms with Gasteiger partial charge in [-0.2, -0.15) is 0 Å². The van der Waals surface area contributed by atoms with Crippen LogP contribution >= 0.6 is 33.2 Å². The molecule has 4 N–H and O–H groups in total. The van der Waals surface area contributed by atoms with Gasteiger partial charge in [-0.1, -0.05) is 42.5 Å². The Kier molecular flexibility index (Phi) is 15.6. The number of rotatable bonds is 19. The number of hydrogen-bond acceptors (Lipinski definition) is 4. The van der Waals surface area contributed by atoms with Gasteiger partial charge in [-0.3, -0.25) is 10.3 Å². The molecular formula is C45H54BrClN5OP. The summed E-state index contributed by atoms with van der Waals surface area (Å²) in [6, 6.07) is 51.9. The van der Waals surface area contributed by atoms with Gasteiger partial charge >= 0.3 is 202 Å². The molecule has 0 radical (unpaired) electrons. The first kappa shape index (κ1) is 41.0. The number of nitrogens with zero attached hydrogens (tertiary/aromatic N) is 2. The van der Waals surface area contributed by atoms with Crippen LogP contribution in [-0.4, -0.2) is 31.2 Å². The molecule has 1 heterocycles. The molecule has 9 heteroatoms. The van der Waals surface area contributed by atoms with E-state index in [4.69, 9.17) is 10.5 Å². The van der Waals surface area contributed by atoms with E-state index in [1.165, 1.54) is 66.4 Å². The summed E-state index contributed by atoms with van der Waals surface area (Å²) >= 11 is 4.59. The molecule has 0 amide bonds. The molecule has 0 saturated heterocycles. The second-order valence-corrected chi connectivity index (χ2v) is 22.9. The van der Waals surface area contributed by atoms with Crippen LogP contribution in [0.3, 0.4) is 0 Å². The van der Waals surface area contributed by atoms with Crippen LogP contribution in [0, 0.1) is 0 Å². The molecule has 1 unspecified atom stereocenters. The molecule has 0 spiro atoms. The summed E-state index contributed by atoms with van der Waals surface area (Å²) in [6.45, 7) is 1.39. The molecule has 1 aliphatic rings. The molecule has 1 aliphatic heterocycles. The molecule has 54 heavy (non-hydrogen) atoms. The zero-order chi connectivity index (χ0) is 36.6. The van der Waals surface area contributed by atoms with Crippen LogP contribution in [0.25, 0.3) is 0 Å². The van der Waals surface area contributed by atoms with Crippen LogP contribution in [0.15, 0.2) is 156 Å². The summed E-state index contributed by atoms with van der Waals surface area (Å²) in [5.74, 6) is 1.88. The summed E-state index contributed by atoms with van der Waals surface area (Å²) in [7, 11) is 0. The number of unbranched alkanes of at least 4 members (excludes halogenated alkanes) is 7. The normalized spacial score (nSPS) is 15.5. The Balaban J connectivity index is 0.00000561. The summed E-state index contributed by atoms with van der Waals surface area (Å²) in [5, 5.41) is 7.79. The Morgan fingerprint density at radius 3 is 1.65 bits per heavy atom. The third-order valence-electron chi connectivity index (χ3n) is 10.1. The Morgan fingerprint density at radius 1 is 0.630 bits per heavy atom. The minimum atomic E-state index is -2.81. The van der Waals surface area contributed by atoms with Crippen molar-refractivity contribution in [3.05, 3.63) is 157 Å². The SMILES string of the molecule is Cl.NC1=NC(c2ccc(OCCCCCCCCCCP(Br)(c3ccccc3)(c3ccccc3)c3ccccc3)cc2)NC(=NCCc2ccccc2)N1. The Labute approximate surface area is 336 Å². The fourth-order valence-electron chi connectivity index (χ4n) is 7.23. The number of benzene rings is 5. The molecule has 284 valence electrons. The van der Waals surface area contributed by atoms with Crippen LogP contribution in [0.4, 0.5) is 0 Å². The molecule has 6 nitrogen and oxygen atoms in total. The van der Waals surface area contributed by atoms with Gasteiger partial charge in [-0.05, 0) is 29.7 Å². The van der Waals surface area contributed by atoms with E-state index < -0.39 is 5.31 Å². The number of ether oxygens (including phenoxy) is 1. The Morgan fingerprint density at radius 2 is 1.11 bits per heavy atom. The van der Waals surface area contributed by atoms with Crippen LogP contribution < -0.4 is 37.0 Å². The van der Waals surface area contributed by atoms with Gasteiger partial charge in [-0.25, -0.2) is 4.99 Å². The van der Waals surface area contributed by atoms with E-state index in [-0.39, 0.29) is 18.6 Å². The largest absolute Gasteiger partial charge is 0.330 e. The summed E-state index contributed by atoms with van der Waals surface area (Å²) < 4.78 is 6.08. The predicted octanol–water partition coefficient (Wildman–Crippen LogP) is 9.55. The molecule has 0 fully saturated rings. The first-order valence-electron chi connectivity index (χ1n) is 19.1. The van der Waals surface area contributed by atoms with E-state index in [2.05, 4.69) is 139 Å². The van der Waals surface area contributed by atoms with E-state index in [1.54, 1.807) is 0 Å². The van der Waals surface area contributed by atoms with E-state index in [0.29, 0.717) is 18.5 Å². The van der Waals surface area contributed by atoms with Crippen molar-refractivity contribution in [3.63, 3.8) is 0 Å². The predicted molar refractivity (Wildman–Crippen MR) is 238 cm³/mol. The van der Waals surface area contributed by atoms with Crippen LogP contribution in [0.5, 0.6) is 5.75 Å². The minimum Gasteiger partial charge on any atom is -0.330 e. The van der Waals surface area contributed by atoms with Crippen molar-refractivity contribution in [2.24, 2.45) is 15.7 Å². The van der Waals surface area contributed by atoms with Crippen molar-refractivity contribution in [1.29, 1.82) is 0 Å². The average molecular weight is 827 g/mol. The fraction of sp³-hybridized carbons (Fsp3) is 0.289. The van der Waals surface area contributed by atoms with Gasteiger partial charge in [0.2, 0.25) is 0 Å². The fourth-order valence-corrected chi connectivity index (χ4v) is 15.0. The number of nitrogens with two attached hydrogens (primary N) is 1. The van der Waals surface area contributed by atoms with Crippen molar-refractivity contribution in [1.82, 2.24) is 10.6 Å². The van der Waals surface area contributed by atoms with E-state index >= 15 is 0 Å². The van der Waals surface area contributed by atoms with Crippen molar-refractivity contribution >= 4 is 61.0 Å². The second kappa shape index (κ2) is 20.5. The molecule has 1 atom stereocenters. The molecule has 0 aliphatic carbocycles. The number of nitrogens with one attached hydrogen (secondary N) is 2. The summed E-state index contributed by atoms with van der Waals surface area (Å²) in [4.78, 5) is 9.19. The van der Waals surface area contributed by atoms with Crippen molar-refractivity contribution in [2.45, 2.75) is 64.0 Å². The maximum atomic E-state index is 6.08. The summed E-state index contributed by atoms with van der Waals surface area (Å²) in [5.41, 5.74) is 8.35. The van der Waals surface area contributed by atoms with Crippen LogP contribution in [0.1, 0.15) is 68.7 Å². The molecule has 0 bridgehead atoms. The smallest absolute Gasteiger partial charge is 0.200 e. The molecule has 5 aromatic rings. The van der Waals surface area contributed by atoms with Gasteiger partial charge in [0.25, 0.3) is 0 Å². The van der Waals surface area contributed by atoms with Crippen LogP contribution in [0.2, 0.25) is 0 Å². The van der Waals surface area contributed by atoms with Gasteiger partial charge in [0.15, 0.2) is 18.1 Å². The minimum absolute atomic E-state index is 0. The number of hydrogen-bond donors (Lipinski definition) is 3. The quantitative estimate of drug-likeness (QED) is 0.0573. The number of guanidine groups is 2. The average Bonchev–Trinajstić information content (AvgIpc) is 3.21. The second-order valence-electron chi connectivity index (χ2n) is 13.8. The Hall–Kier alpha value is -4.16. The maximum absolute atomic E-state index is 6.08. The third-order valence-corrected chi connectivity index (χ3v) is 20.2. The number of aliphatic imine (C=N–C) groups is 2. The van der Waals surface area contributed by atoms with Gasteiger partial charge in [0.1, 0.15) is 0 Å². The topological polar surface area (TPSA) is 84.0 Å². The van der Waals surface area contributed by atoms with Crippen molar-refractivity contribution in [2.75, 3.05) is 19.3 Å². The molecular weight excluding hydrogens is 773 g/mol. The summed E-state index contributed by atoms with van der Waals surface area (Å²) in [6.07, 6.45) is 11.4. The third kappa shape index (κ3) is 10.5. The maximum Gasteiger partial charge on any atom is 0.200 e. The van der Waals surface area contributed by atoms with Gasteiger partial charge in [-0.15, -0.1) is 12.4 Å². The number of halogens is 2.